The summed E-state index contributed by atoms with van der Waals surface area (Å²) in [5, 5.41) is 13.9. The van der Waals surface area contributed by atoms with Crippen molar-refractivity contribution in [3.8, 4) is 0 Å². The van der Waals surface area contributed by atoms with Gasteiger partial charge >= 0.3 is 7.82 Å². The molecule has 0 heterocycles. The maximum Gasteiger partial charge on any atom is 0.472 e. The summed E-state index contributed by atoms with van der Waals surface area (Å²) in [4.78, 5) is 23.2. The maximum absolute atomic E-state index is 12.9. The molecule has 3 unspecified atom stereocenters. The molecule has 9 heteroatoms. The lowest BCUT2D eigenvalue weighted by Gasteiger charge is -2.25. The van der Waals surface area contributed by atoms with E-state index in [1.54, 1.807) is 6.08 Å². The smallest absolute Gasteiger partial charge is 0.387 e. The van der Waals surface area contributed by atoms with Crippen LogP contribution in [0.4, 0.5) is 0 Å². The number of nitrogens with one attached hydrogen (secondary N) is 1. The lowest BCUT2D eigenvalue weighted by Crippen LogP contribution is -2.45. The first-order valence-corrected chi connectivity index (χ1v) is 28.2. The normalized spacial score (nSPS) is 14.5. The molecule has 0 saturated carbocycles. The van der Waals surface area contributed by atoms with Crippen LogP contribution in [-0.4, -0.2) is 73.4 Å². The molecule has 0 aliphatic rings. The highest BCUT2D eigenvalue weighted by Crippen LogP contribution is 2.43. The highest BCUT2D eigenvalue weighted by Gasteiger charge is 2.27. The van der Waals surface area contributed by atoms with E-state index in [-0.39, 0.29) is 19.1 Å². The number of amides is 1. The number of aliphatic hydroxyl groups excluding tert-OH is 1. The van der Waals surface area contributed by atoms with Crippen LogP contribution in [-0.2, 0) is 18.4 Å². The molecule has 0 bridgehead atoms. The Morgan fingerprint density at radius 1 is 0.531 bits per heavy atom. The SMILES string of the molecule is CCCCCCC/C=C\C/C=C\C/C=C\CCCCCCCCC(=O)NC(COP(=O)(O)OCC[N+](C)(C)C)C(O)/C=C/CC/C=C/CCCCCCCCCCCCCCCCC. The third-order valence-corrected chi connectivity index (χ3v) is 12.7. The Morgan fingerprint density at radius 2 is 0.906 bits per heavy atom. The average molecular weight is 920 g/mol. The first-order valence-electron chi connectivity index (χ1n) is 26.7. The van der Waals surface area contributed by atoms with Crippen LogP contribution in [0.1, 0.15) is 232 Å². The number of hydrogen-bond donors (Lipinski definition) is 3. The lowest BCUT2D eigenvalue weighted by molar-refractivity contribution is -0.870. The van der Waals surface area contributed by atoms with Gasteiger partial charge in [-0.05, 0) is 70.6 Å². The first-order chi connectivity index (χ1) is 31.0. The van der Waals surface area contributed by atoms with E-state index >= 15 is 0 Å². The third-order valence-electron chi connectivity index (χ3n) is 11.7. The Kier molecular flexibility index (Phi) is 45.0. The van der Waals surface area contributed by atoms with Gasteiger partial charge in [0.15, 0.2) is 0 Å². The van der Waals surface area contributed by atoms with Gasteiger partial charge in [-0.1, -0.05) is 216 Å². The van der Waals surface area contributed by atoms with Crippen molar-refractivity contribution in [3.05, 3.63) is 60.8 Å². The third kappa shape index (κ3) is 48.1. The average Bonchev–Trinajstić information content (AvgIpc) is 3.25. The molecule has 0 aliphatic heterocycles. The minimum Gasteiger partial charge on any atom is -0.387 e. The van der Waals surface area contributed by atoms with E-state index in [4.69, 9.17) is 9.05 Å². The molecule has 8 nitrogen and oxygen atoms in total. The zero-order valence-corrected chi connectivity index (χ0v) is 43.4. The fraction of sp³-hybridized carbons (Fsp3) is 0.800. The fourth-order valence-electron chi connectivity index (χ4n) is 7.48. The van der Waals surface area contributed by atoms with Gasteiger partial charge in [0.2, 0.25) is 5.91 Å². The molecule has 0 spiro atoms. The Morgan fingerprint density at radius 3 is 1.36 bits per heavy atom. The number of aliphatic hydroxyl groups is 1. The zero-order valence-electron chi connectivity index (χ0n) is 42.5. The number of phosphoric acid groups is 1. The molecular weight excluding hydrogens is 816 g/mol. The van der Waals surface area contributed by atoms with Gasteiger partial charge in [0, 0.05) is 6.42 Å². The lowest BCUT2D eigenvalue weighted by atomic mass is 10.0. The van der Waals surface area contributed by atoms with Crippen molar-refractivity contribution in [2.45, 2.75) is 244 Å². The topological polar surface area (TPSA) is 105 Å². The molecule has 3 N–H and O–H groups in total. The fourth-order valence-corrected chi connectivity index (χ4v) is 8.21. The van der Waals surface area contributed by atoms with Crippen LogP contribution >= 0.6 is 7.82 Å². The van der Waals surface area contributed by atoms with Crippen molar-refractivity contribution in [2.75, 3.05) is 40.9 Å². The number of likely N-dealkylation sites (N-methyl/N-ethyl adjacent to an activating group) is 1. The van der Waals surface area contributed by atoms with Crippen LogP contribution in [0.5, 0.6) is 0 Å². The summed E-state index contributed by atoms with van der Waals surface area (Å²) in [6, 6.07) is -0.873. The summed E-state index contributed by atoms with van der Waals surface area (Å²) in [5.74, 6) is -0.200. The summed E-state index contributed by atoms with van der Waals surface area (Å²) in [5.41, 5.74) is 0. The van der Waals surface area contributed by atoms with E-state index in [0.29, 0.717) is 17.4 Å². The van der Waals surface area contributed by atoms with Crippen molar-refractivity contribution >= 4 is 13.7 Å². The largest absolute Gasteiger partial charge is 0.472 e. The van der Waals surface area contributed by atoms with Crippen LogP contribution in [0, 0.1) is 0 Å². The van der Waals surface area contributed by atoms with Crippen LogP contribution in [0.25, 0.3) is 0 Å². The molecule has 0 aromatic rings. The van der Waals surface area contributed by atoms with Gasteiger partial charge in [-0.3, -0.25) is 13.8 Å². The molecule has 0 fully saturated rings. The molecule has 0 aromatic carbocycles. The van der Waals surface area contributed by atoms with Gasteiger partial charge in [-0.25, -0.2) is 4.57 Å². The Balaban J connectivity index is 4.38. The van der Waals surface area contributed by atoms with Gasteiger partial charge in [0.1, 0.15) is 13.2 Å². The molecule has 3 atom stereocenters. The second kappa shape index (κ2) is 46.3. The number of unbranched alkanes of at least 4 members (excludes halogenated alkanes) is 27. The second-order valence-electron chi connectivity index (χ2n) is 19.2. The number of nitrogens with zero attached hydrogens (tertiary/aromatic N) is 1. The maximum atomic E-state index is 12.9. The van der Waals surface area contributed by atoms with Gasteiger partial charge in [-0.15, -0.1) is 0 Å². The van der Waals surface area contributed by atoms with E-state index in [0.717, 1.165) is 64.2 Å². The highest BCUT2D eigenvalue weighted by molar-refractivity contribution is 7.47. The van der Waals surface area contributed by atoms with E-state index < -0.39 is 20.0 Å². The van der Waals surface area contributed by atoms with Crippen molar-refractivity contribution in [1.82, 2.24) is 5.32 Å². The number of quaternary nitrogens is 1. The van der Waals surface area contributed by atoms with Gasteiger partial charge in [0.05, 0.1) is 39.9 Å². The monoisotopic (exact) mass is 920 g/mol. The van der Waals surface area contributed by atoms with Gasteiger partial charge < -0.3 is 19.8 Å². The number of phosphoric ester groups is 1. The summed E-state index contributed by atoms with van der Waals surface area (Å²) in [6.45, 7) is 4.78. The molecule has 0 rings (SSSR count). The van der Waals surface area contributed by atoms with Crippen LogP contribution in [0.15, 0.2) is 60.8 Å². The standard InChI is InChI=1S/C55H103N2O6P/c1-6-8-10-12-14-16-18-20-22-24-26-28-30-32-34-36-38-40-42-44-46-48-54(58)53(52-63-64(60,61)62-51-50-57(3,4)5)56-55(59)49-47-45-43-41-39-37-35-33-31-29-27-25-23-21-19-17-15-13-11-9-7-2/h19,21,25,27,31,33,38,40,46,48,53-54,58H,6-18,20,22-24,26,28-30,32,34-37,39,41-45,47,49-52H2,1-5H3,(H-,56,59,60,61)/p+1/b21-19-,27-25-,33-31-,40-38+,48-46+. The summed E-state index contributed by atoms with van der Waals surface area (Å²) < 4.78 is 23.6. The second-order valence-corrected chi connectivity index (χ2v) is 20.7. The zero-order chi connectivity index (χ0) is 47.1. The van der Waals surface area contributed by atoms with Gasteiger partial charge in [-0.2, -0.15) is 0 Å². The predicted molar refractivity (Wildman–Crippen MR) is 277 cm³/mol. The minimum atomic E-state index is -4.36. The molecule has 0 aliphatic carbocycles. The van der Waals surface area contributed by atoms with Crippen LogP contribution < -0.4 is 5.32 Å². The van der Waals surface area contributed by atoms with Crippen LogP contribution in [0.2, 0.25) is 0 Å². The Labute approximate surface area is 396 Å². The van der Waals surface area contributed by atoms with E-state index in [9.17, 15) is 19.4 Å². The van der Waals surface area contributed by atoms with Crippen molar-refractivity contribution in [1.29, 1.82) is 0 Å². The van der Waals surface area contributed by atoms with E-state index in [1.165, 1.54) is 148 Å². The summed E-state index contributed by atoms with van der Waals surface area (Å²) >= 11 is 0. The molecule has 64 heavy (non-hydrogen) atoms. The van der Waals surface area contributed by atoms with Crippen molar-refractivity contribution in [3.63, 3.8) is 0 Å². The number of hydrogen-bond acceptors (Lipinski definition) is 5. The molecule has 0 radical (unpaired) electrons. The Bertz CT molecular complexity index is 1230. The van der Waals surface area contributed by atoms with E-state index in [1.807, 2.05) is 27.2 Å². The highest BCUT2D eigenvalue weighted by atomic mass is 31.2. The molecule has 0 aromatic heterocycles. The predicted octanol–water partition coefficient (Wildman–Crippen LogP) is 15.8. The molecule has 0 saturated heterocycles. The minimum absolute atomic E-state index is 0.0513. The summed E-state index contributed by atoms with van der Waals surface area (Å²) in [7, 11) is 1.54. The molecule has 1 amide bonds. The molecule has 374 valence electrons. The number of carbonyl (C=O) groups is 1. The van der Waals surface area contributed by atoms with E-state index in [2.05, 4.69) is 67.8 Å². The number of allylic oxidation sites excluding steroid dienone is 9. The van der Waals surface area contributed by atoms with Crippen molar-refractivity contribution in [2.24, 2.45) is 0 Å². The Hall–Kier alpha value is -1.80. The number of rotatable bonds is 48. The van der Waals surface area contributed by atoms with Gasteiger partial charge in [0.25, 0.3) is 0 Å². The number of carbonyl (C=O) groups excluding carboxylic acids is 1. The quantitative estimate of drug-likeness (QED) is 0.0243. The molecular formula is C55H104N2O6P+. The van der Waals surface area contributed by atoms with Crippen molar-refractivity contribution < 1.29 is 32.9 Å². The van der Waals surface area contributed by atoms with Crippen LogP contribution in [0.3, 0.4) is 0 Å². The first kappa shape index (κ1) is 62.2. The summed E-state index contributed by atoms with van der Waals surface area (Å²) in [6.07, 6.45) is 61.6.